The third-order valence-corrected chi connectivity index (χ3v) is 6.17. The van der Waals surface area contributed by atoms with Crippen molar-refractivity contribution in [2.75, 3.05) is 12.0 Å². The summed E-state index contributed by atoms with van der Waals surface area (Å²) in [6, 6.07) is 17.1. The number of pyridine rings is 1. The van der Waals surface area contributed by atoms with E-state index in [0.29, 0.717) is 28.9 Å². The van der Waals surface area contributed by atoms with Crippen molar-refractivity contribution in [1.29, 1.82) is 0 Å². The first kappa shape index (κ1) is 24.8. The molecule has 9 heteroatoms. The van der Waals surface area contributed by atoms with Crippen molar-refractivity contribution in [2.24, 2.45) is 0 Å². The van der Waals surface area contributed by atoms with Gasteiger partial charge in [-0.05, 0) is 50.6 Å². The van der Waals surface area contributed by atoms with Gasteiger partial charge in [0.1, 0.15) is 23.9 Å². The minimum Gasteiger partial charge on any atom is -0.495 e. The lowest BCUT2D eigenvalue weighted by Crippen LogP contribution is -2.51. The Bertz CT molecular complexity index is 1350. The van der Waals surface area contributed by atoms with E-state index < -0.39 is 11.6 Å². The molecule has 0 aliphatic carbocycles. The van der Waals surface area contributed by atoms with E-state index in [2.05, 4.69) is 20.6 Å². The van der Waals surface area contributed by atoms with E-state index in [9.17, 15) is 9.59 Å². The first-order valence-electron chi connectivity index (χ1n) is 11.8. The van der Waals surface area contributed by atoms with Gasteiger partial charge in [-0.2, -0.15) is 0 Å². The number of carbonyl (C=O) groups is 2. The third kappa shape index (κ3) is 5.19. The van der Waals surface area contributed by atoms with Crippen LogP contribution in [0.2, 0.25) is 0 Å². The number of methoxy groups -OCH3 is 1. The average Bonchev–Trinajstić information content (AvgIpc) is 3.30. The molecule has 2 aromatic heterocycles. The summed E-state index contributed by atoms with van der Waals surface area (Å²) >= 11 is 0. The van der Waals surface area contributed by atoms with Crippen LogP contribution in [-0.2, 0) is 16.1 Å². The van der Waals surface area contributed by atoms with Crippen LogP contribution in [-0.4, -0.2) is 44.4 Å². The normalized spacial score (nSPS) is 12.2. The van der Waals surface area contributed by atoms with Crippen molar-refractivity contribution in [3.63, 3.8) is 0 Å². The lowest BCUT2D eigenvalue weighted by molar-refractivity contribution is -0.128. The fourth-order valence-electron chi connectivity index (χ4n) is 3.93. The molecule has 0 saturated heterocycles. The number of amides is 2. The quantitative estimate of drug-likeness (QED) is 0.385. The Labute approximate surface area is 210 Å². The Morgan fingerprint density at radius 2 is 1.83 bits per heavy atom. The molecule has 36 heavy (non-hydrogen) atoms. The molecule has 0 bridgehead atoms. The first-order chi connectivity index (χ1) is 17.3. The van der Waals surface area contributed by atoms with E-state index in [4.69, 9.17) is 4.74 Å². The molecule has 4 rings (SSSR count). The van der Waals surface area contributed by atoms with Crippen LogP contribution in [0.4, 0.5) is 5.69 Å². The molecular formula is C27H30N6O3. The monoisotopic (exact) mass is 486 g/mol. The van der Waals surface area contributed by atoms with Crippen molar-refractivity contribution in [1.82, 2.24) is 25.3 Å². The highest BCUT2D eigenvalue weighted by molar-refractivity contribution is 6.02. The second-order valence-electron chi connectivity index (χ2n) is 9.09. The van der Waals surface area contributed by atoms with Gasteiger partial charge in [-0.25, -0.2) is 4.68 Å². The number of hydrogen-bond donors (Lipinski definition) is 1. The van der Waals surface area contributed by atoms with Crippen molar-refractivity contribution in [3.8, 4) is 5.75 Å². The van der Waals surface area contributed by atoms with E-state index in [-0.39, 0.29) is 18.4 Å². The SMILES string of the molecule is CCC(C)(C)NC(=O)[C@@H](c1cccnc1)N(C(=O)Cn1nnc2ccccc21)c1ccccc1OC. The first-order valence-corrected chi connectivity index (χ1v) is 11.8. The standard InChI is InChI=1S/C27H30N6O3/c1-5-27(2,3)29-26(35)25(19-11-10-16-28-17-19)33(22-14-8-9-15-23(22)36-4)24(34)18-32-21-13-7-6-12-20(21)30-31-32/h6-17,25H,5,18H2,1-4H3,(H,29,35)/t25-/m1/s1. The topological polar surface area (TPSA) is 102 Å². The van der Waals surface area contributed by atoms with Crippen molar-refractivity contribution in [2.45, 2.75) is 45.3 Å². The molecule has 0 aliphatic rings. The molecule has 2 amide bonds. The zero-order chi connectivity index (χ0) is 25.7. The molecule has 2 heterocycles. The number of nitrogens with zero attached hydrogens (tertiary/aromatic N) is 5. The van der Waals surface area contributed by atoms with E-state index in [0.717, 1.165) is 5.52 Å². The second kappa shape index (κ2) is 10.6. The van der Waals surface area contributed by atoms with Crippen LogP contribution in [0, 0.1) is 0 Å². The molecule has 0 aliphatic heterocycles. The average molecular weight is 487 g/mol. The Balaban J connectivity index is 1.84. The molecule has 1 N–H and O–H groups in total. The summed E-state index contributed by atoms with van der Waals surface area (Å²) in [6.45, 7) is 5.77. The Kier molecular flexibility index (Phi) is 7.28. The lowest BCUT2D eigenvalue weighted by Gasteiger charge is -2.35. The lowest BCUT2D eigenvalue weighted by atomic mass is 9.99. The number of anilines is 1. The van der Waals surface area contributed by atoms with Crippen molar-refractivity contribution in [3.05, 3.63) is 78.6 Å². The number of rotatable bonds is 9. The zero-order valence-corrected chi connectivity index (χ0v) is 20.9. The Hall–Kier alpha value is -4.27. The van der Waals surface area contributed by atoms with Crippen LogP contribution in [0.3, 0.4) is 0 Å². The predicted molar refractivity (Wildman–Crippen MR) is 137 cm³/mol. The minimum absolute atomic E-state index is 0.125. The minimum atomic E-state index is -0.997. The predicted octanol–water partition coefficient (Wildman–Crippen LogP) is 3.91. The van der Waals surface area contributed by atoms with Crippen LogP contribution in [0.15, 0.2) is 73.1 Å². The van der Waals surface area contributed by atoms with Gasteiger partial charge in [-0.1, -0.05) is 42.5 Å². The highest BCUT2D eigenvalue weighted by Crippen LogP contribution is 2.35. The largest absolute Gasteiger partial charge is 0.495 e. The van der Waals surface area contributed by atoms with Crippen LogP contribution in [0.5, 0.6) is 5.75 Å². The number of hydrogen-bond acceptors (Lipinski definition) is 6. The van der Waals surface area contributed by atoms with Gasteiger partial charge >= 0.3 is 0 Å². The fourth-order valence-corrected chi connectivity index (χ4v) is 3.93. The summed E-state index contributed by atoms with van der Waals surface area (Å²) in [4.78, 5) is 33.6. The number of fused-ring (bicyclic) bond motifs is 1. The molecule has 1 atom stereocenters. The molecule has 0 unspecified atom stereocenters. The maximum Gasteiger partial charge on any atom is 0.249 e. The summed E-state index contributed by atoms with van der Waals surface area (Å²) < 4.78 is 7.13. The van der Waals surface area contributed by atoms with Gasteiger partial charge in [0.05, 0.1) is 18.3 Å². The maximum atomic E-state index is 14.1. The van der Waals surface area contributed by atoms with E-state index in [1.54, 1.807) is 42.7 Å². The molecule has 0 spiro atoms. The number of aromatic nitrogens is 4. The van der Waals surface area contributed by atoms with Gasteiger partial charge < -0.3 is 10.1 Å². The van der Waals surface area contributed by atoms with E-state index in [1.165, 1.54) is 16.7 Å². The Morgan fingerprint density at radius 3 is 2.56 bits per heavy atom. The molecule has 0 radical (unpaired) electrons. The van der Waals surface area contributed by atoms with Gasteiger partial charge in [-0.15, -0.1) is 5.10 Å². The van der Waals surface area contributed by atoms with Crippen molar-refractivity contribution >= 4 is 28.5 Å². The second-order valence-corrected chi connectivity index (χ2v) is 9.09. The summed E-state index contributed by atoms with van der Waals surface area (Å²) in [5.41, 5.74) is 1.97. The summed E-state index contributed by atoms with van der Waals surface area (Å²) in [5, 5.41) is 11.4. The molecule has 186 valence electrons. The highest BCUT2D eigenvalue weighted by atomic mass is 16.5. The smallest absolute Gasteiger partial charge is 0.249 e. The van der Waals surface area contributed by atoms with Crippen LogP contribution < -0.4 is 15.0 Å². The number of para-hydroxylation sites is 3. The van der Waals surface area contributed by atoms with Crippen molar-refractivity contribution < 1.29 is 14.3 Å². The molecule has 9 nitrogen and oxygen atoms in total. The molecular weight excluding hydrogens is 456 g/mol. The number of carbonyl (C=O) groups excluding carboxylic acids is 2. The maximum absolute atomic E-state index is 14.1. The zero-order valence-electron chi connectivity index (χ0n) is 20.9. The fraction of sp³-hybridized carbons (Fsp3) is 0.296. The Morgan fingerprint density at radius 1 is 1.08 bits per heavy atom. The van der Waals surface area contributed by atoms with Crippen LogP contribution >= 0.6 is 0 Å². The number of benzene rings is 2. The summed E-state index contributed by atoms with van der Waals surface area (Å²) in [7, 11) is 1.53. The third-order valence-electron chi connectivity index (χ3n) is 6.17. The van der Waals surface area contributed by atoms with Crippen LogP contribution in [0.25, 0.3) is 11.0 Å². The van der Waals surface area contributed by atoms with Gasteiger partial charge in [0.25, 0.3) is 0 Å². The van der Waals surface area contributed by atoms with Gasteiger partial charge in [-0.3, -0.25) is 19.5 Å². The molecule has 0 fully saturated rings. The van der Waals surface area contributed by atoms with Crippen LogP contribution in [0.1, 0.15) is 38.8 Å². The van der Waals surface area contributed by atoms with Gasteiger partial charge in [0, 0.05) is 23.5 Å². The molecule has 4 aromatic rings. The van der Waals surface area contributed by atoms with E-state index in [1.807, 2.05) is 51.1 Å². The summed E-state index contributed by atoms with van der Waals surface area (Å²) in [6.07, 6.45) is 3.95. The molecule has 0 saturated carbocycles. The highest BCUT2D eigenvalue weighted by Gasteiger charge is 2.36. The van der Waals surface area contributed by atoms with Gasteiger partial charge in [0.15, 0.2) is 0 Å². The number of ether oxygens (including phenoxy) is 1. The summed E-state index contributed by atoms with van der Waals surface area (Å²) in [5.74, 6) is -0.211. The number of nitrogens with one attached hydrogen (secondary N) is 1. The van der Waals surface area contributed by atoms with E-state index >= 15 is 0 Å². The molecule has 2 aromatic carbocycles. The van der Waals surface area contributed by atoms with Gasteiger partial charge in [0.2, 0.25) is 11.8 Å².